The number of carbonyl (C=O) groups excluding carboxylic acids is 1. The van der Waals surface area contributed by atoms with Crippen molar-refractivity contribution in [2.45, 2.75) is 0 Å². The Labute approximate surface area is 158 Å². The van der Waals surface area contributed by atoms with Gasteiger partial charge in [-0.1, -0.05) is 34.5 Å². The van der Waals surface area contributed by atoms with E-state index in [-0.39, 0.29) is 5.91 Å². The fourth-order valence-corrected chi connectivity index (χ4v) is 4.41. The van der Waals surface area contributed by atoms with E-state index < -0.39 is 0 Å². The molecule has 0 radical (unpaired) electrons. The van der Waals surface area contributed by atoms with Gasteiger partial charge in [0, 0.05) is 18.1 Å². The van der Waals surface area contributed by atoms with Gasteiger partial charge in [0.05, 0.1) is 19.4 Å². The van der Waals surface area contributed by atoms with E-state index in [9.17, 15) is 4.79 Å². The molecule has 0 N–H and O–H groups in total. The van der Waals surface area contributed by atoms with E-state index in [0.29, 0.717) is 25.9 Å². The van der Waals surface area contributed by atoms with Crippen molar-refractivity contribution >= 4 is 67.1 Å². The van der Waals surface area contributed by atoms with Crippen molar-refractivity contribution in [3.05, 3.63) is 44.6 Å². The quantitative estimate of drug-likeness (QED) is 0.613. The molecule has 0 fully saturated rings. The minimum atomic E-state index is -0.0843. The maximum absolute atomic E-state index is 12.9. The number of fused-ring (bicyclic) bond motifs is 1. The second-order valence-electron chi connectivity index (χ2n) is 5.47. The number of hydrogen-bond acceptors (Lipinski definition) is 5. The van der Waals surface area contributed by atoms with Crippen molar-refractivity contribution in [3.8, 4) is 0 Å². The molecule has 4 nitrogen and oxygen atoms in total. The standard InChI is InChI=1S/C16H15Cl2N3OS2/c1-20(2)7-8-21(15(22)12-5-6-14(18)23-12)16-19-11-4-3-10(17)9-13(11)24-16/h3-6,9H,7-8H2,1-2H3. The maximum atomic E-state index is 12.9. The molecule has 0 bridgehead atoms. The Morgan fingerprint density at radius 3 is 2.58 bits per heavy atom. The molecule has 0 aliphatic heterocycles. The summed E-state index contributed by atoms with van der Waals surface area (Å²) in [7, 11) is 3.95. The zero-order chi connectivity index (χ0) is 17.3. The predicted molar refractivity (Wildman–Crippen MR) is 104 cm³/mol. The summed E-state index contributed by atoms with van der Waals surface area (Å²) >= 11 is 14.8. The van der Waals surface area contributed by atoms with Gasteiger partial charge in [0.25, 0.3) is 5.91 Å². The average molecular weight is 400 g/mol. The molecule has 3 rings (SSSR count). The lowest BCUT2D eigenvalue weighted by Crippen LogP contribution is -2.36. The summed E-state index contributed by atoms with van der Waals surface area (Å²) in [5, 5.41) is 1.33. The van der Waals surface area contributed by atoms with Crippen molar-refractivity contribution < 1.29 is 4.79 Å². The third kappa shape index (κ3) is 3.90. The molecule has 2 aromatic heterocycles. The lowest BCUT2D eigenvalue weighted by Gasteiger charge is -2.21. The molecule has 0 atom stereocenters. The van der Waals surface area contributed by atoms with E-state index in [2.05, 4.69) is 4.98 Å². The van der Waals surface area contributed by atoms with Gasteiger partial charge in [-0.3, -0.25) is 9.69 Å². The molecule has 0 unspecified atom stereocenters. The van der Waals surface area contributed by atoms with Gasteiger partial charge in [-0.05, 0) is 44.4 Å². The first-order chi connectivity index (χ1) is 11.4. The number of nitrogens with zero attached hydrogens (tertiary/aromatic N) is 3. The summed E-state index contributed by atoms with van der Waals surface area (Å²) in [4.78, 5) is 21.9. The fraction of sp³-hybridized carbons (Fsp3) is 0.250. The number of anilines is 1. The zero-order valence-corrected chi connectivity index (χ0v) is 16.3. The van der Waals surface area contributed by atoms with Crippen LogP contribution in [0.3, 0.4) is 0 Å². The third-order valence-corrected chi connectivity index (χ3v) is 5.87. The number of rotatable bonds is 5. The number of halogens is 2. The van der Waals surface area contributed by atoms with Crippen LogP contribution in [0.1, 0.15) is 9.67 Å². The molecule has 3 aromatic rings. The summed E-state index contributed by atoms with van der Waals surface area (Å²) in [6.07, 6.45) is 0. The Morgan fingerprint density at radius 2 is 1.92 bits per heavy atom. The number of carbonyl (C=O) groups is 1. The topological polar surface area (TPSA) is 36.4 Å². The third-order valence-electron chi connectivity index (χ3n) is 3.37. The van der Waals surface area contributed by atoms with E-state index in [1.165, 1.54) is 22.7 Å². The number of thiophene rings is 1. The number of likely N-dealkylation sites (N-methyl/N-ethyl adjacent to an activating group) is 1. The van der Waals surface area contributed by atoms with Crippen LogP contribution in [0.15, 0.2) is 30.3 Å². The summed E-state index contributed by atoms with van der Waals surface area (Å²) in [6, 6.07) is 9.03. The summed E-state index contributed by atoms with van der Waals surface area (Å²) in [5.74, 6) is -0.0843. The molecule has 0 aliphatic carbocycles. The Morgan fingerprint density at radius 1 is 1.12 bits per heavy atom. The summed E-state index contributed by atoms with van der Waals surface area (Å²) in [5.41, 5.74) is 0.839. The molecule has 1 aromatic carbocycles. The number of benzene rings is 1. The van der Waals surface area contributed by atoms with E-state index in [4.69, 9.17) is 23.2 Å². The molecule has 0 saturated carbocycles. The average Bonchev–Trinajstić information content (AvgIpc) is 3.12. The smallest absolute Gasteiger partial charge is 0.270 e. The van der Waals surface area contributed by atoms with Gasteiger partial charge < -0.3 is 4.90 Å². The first kappa shape index (κ1) is 17.6. The molecule has 0 aliphatic rings. The van der Waals surface area contributed by atoms with Gasteiger partial charge in [0.2, 0.25) is 0 Å². The Bertz CT molecular complexity index is 875. The van der Waals surface area contributed by atoms with E-state index in [1.54, 1.807) is 23.1 Å². The van der Waals surface area contributed by atoms with E-state index in [0.717, 1.165) is 16.8 Å². The van der Waals surface area contributed by atoms with Gasteiger partial charge >= 0.3 is 0 Å². The lowest BCUT2D eigenvalue weighted by atomic mass is 10.3. The van der Waals surface area contributed by atoms with Crippen LogP contribution in [0.5, 0.6) is 0 Å². The van der Waals surface area contributed by atoms with Crippen molar-refractivity contribution in [3.63, 3.8) is 0 Å². The molecule has 2 heterocycles. The van der Waals surface area contributed by atoms with Crippen molar-refractivity contribution in [2.75, 3.05) is 32.1 Å². The predicted octanol–water partition coefficient (Wildman–Crippen LogP) is 4.87. The fourth-order valence-electron chi connectivity index (χ4n) is 2.15. The Kier molecular flexibility index (Phi) is 5.42. The van der Waals surface area contributed by atoms with Crippen molar-refractivity contribution in [1.82, 2.24) is 9.88 Å². The van der Waals surface area contributed by atoms with Crippen LogP contribution >= 0.6 is 45.9 Å². The normalized spacial score (nSPS) is 11.4. The van der Waals surface area contributed by atoms with Crippen LogP contribution in [0, 0.1) is 0 Å². The van der Waals surface area contributed by atoms with E-state index in [1.807, 2.05) is 31.1 Å². The SMILES string of the molecule is CN(C)CCN(C(=O)c1ccc(Cl)s1)c1nc2ccc(Cl)cc2s1. The van der Waals surface area contributed by atoms with Gasteiger partial charge in [-0.25, -0.2) is 4.98 Å². The van der Waals surface area contributed by atoms with Gasteiger partial charge in [-0.2, -0.15) is 0 Å². The second-order valence-corrected chi connectivity index (χ2v) is 8.63. The maximum Gasteiger partial charge on any atom is 0.270 e. The molecule has 126 valence electrons. The first-order valence-electron chi connectivity index (χ1n) is 7.22. The Balaban J connectivity index is 1.97. The van der Waals surface area contributed by atoms with Crippen LogP contribution in [0.25, 0.3) is 10.2 Å². The minimum Gasteiger partial charge on any atom is -0.308 e. The van der Waals surface area contributed by atoms with Crippen LogP contribution in [-0.2, 0) is 0 Å². The Hall–Kier alpha value is -1.18. The highest BCUT2D eigenvalue weighted by atomic mass is 35.5. The molecular formula is C16H15Cl2N3OS2. The van der Waals surface area contributed by atoms with E-state index >= 15 is 0 Å². The molecular weight excluding hydrogens is 385 g/mol. The summed E-state index contributed by atoms with van der Waals surface area (Å²) < 4.78 is 1.56. The van der Waals surface area contributed by atoms with Crippen LogP contribution in [0.4, 0.5) is 5.13 Å². The monoisotopic (exact) mass is 399 g/mol. The van der Waals surface area contributed by atoms with Crippen molar-refractivity contribution in [1.29, 1.82) is 0 Å². The molecule has 0 spiro atoms. The van der Waals surface area contributed by atoms with Gasteiger partial charge in [0.1, 0.15) is 0 Å². The van der Waals surface area contributed by atoms with Crippen LogP contribution in [0.2, 0.25) is 9.36 Å². The highest BCUT2D eigenvalue weighted by Gasteiger charge is 2.22. The molecule has 24 heavy (non-hydrogen) atoms. The number of aromatic nitrogens is 1. The zero-order valence-electron chi connectivity index (χ0n) is 13.1. The molecule has 0 saturated heterocycles. The number of amides is 1. The van der Waals surface area contributed by atoms with Crippen molar-refractivity contribution in [2.24, 2.45) is 0 Å². The van der Waals surface area contributed by atoms with Crippen LogP contribution in [-0.4, -0.2) is 43.0 Å². The van der Waals surface area contributed by atoms with Gasteiger partial charge in [-0.15, -0.1) is 11.3 Å². The second kappa shape index (κ2) is 7.37. The minimum absolute atomic E-state index is 0.0843. The summed E-state index contributed by atoms with van der Waals surface area (Å²) in [6.45, 7) is 1.29. The largest absolute Gasteiger partial charge is 0.308 e. The highest BCUT2D eigenvalue weighted by molar-refractivity contribution is 7.22. The molecule has 1 amide bonds. The lowest BCUT2D eigenvalue weighted by molar-refractivity contribution is 0.0989. The van der Waals surface area contributed by atoms with Crippen LogP contribution < -0.4 is 4.90 Å². The first-order valence-corrected chi connectivity index (χ1v) is 9.61. The van der Waals surface area contributed by atoms with Gasteiger partial charge in [0.15, 0.2) is 5.13 Å². The highest BCUT2D eigenvalue weighted by Crippen LogP contribution is 2.32. The number of thiazole rings is 1. The number of hydrogen-bond donors (Lipinski definition) is 0. The molecule has 8 heteroatoms.